The Kier molecular flexibility index (Phi) is 8.38. The summed E-state index contributed by atoms with van der Waals surface area (Å²) >= 11 is 6.11. The van der Waals surface area contributed by atoms with Gasteiger partial charge in [-0.2, -0.15) is 4.72 Å². The first-order valence-electron chi connectivity index (χ1n) is 10.2. The van der Waals surface area contributed by atoms with Gasteiger partial charge in [-0.25, -0.2) is 8.42 Å². The zero-order chi connectivity index (χ0) is 24.7. The molecule has 8 nitrogen and oxygen atoms in total. The van der Waals surface area contributed by atoms with Crippen molar-refractivity contribution in [2.45, 2.75) is 17.4 Å². The van der Waals surface area contributed by atoms with Gasteiger partial charge in [-0.15, -0.1) is 0 Å². The number of halogens is 1. The third kappa shape index (κ3) is 6.19. The highest BCUT2D eigenvalue weighted by Crippen LogP contribution is 2.30. The number of benzene rings is 3. The molecule has 10 heteroatoms. The van der Waals surface area contributed by atoms with Crippen molar-refractivity contribution in [3.63, 3.8) is 0 Å². The average Bonchev–Trinajstić information content (AvgIpc) is 2.84. The molecule has 3 aromatic carbocycles. The zero-order valence-corrected chi connectivity index (χ0v) is 20.4. The first kappa shape index (κ1) is 25.4. The molecule has 3 rings (SSSR count). The highest BCUT2D eigenvalue weighted by Gasteiger charge is 2.27. The molecule has 0 aromatic heterocycles. The number of sulfonamides is 1. The number of amides is 1. The van der Waals surface area contributed by atoms with Crippen LogP contribution in [0.2, 0.25) is 5.02 Å². The Labute approximate surface area is 203 Å². The minimum Gasteiger partial charge on any atom is -0.495 e. The van der Waals surface area contributed by atoms with Crippen molar-refractivity contribution in [3.8, 4) is 17.2 Å². The van der Waals surface area contributed by atoms with Gasteiger partial charge in [0.25, 0.3) is 0 Å². The van der Waals surface area contributed by atoms with Gasteiger partial charge in [0.1, 0.15) is 11.8 Å². The first-order valence-corrected chi connectivity index (χ1v) is 12.1. The number of hydrogen-bond donors (Lipinski definition) is 2. The minimum atomic E-state index is -4.08. The molecule has 0 unspecified atom stereocenters. The van der Waals surface area contributed by atoms with Gasteiger partial charge in [0.2, 0.25) is 15.9 Å². The van der Waals surface area contributed by atoms with Gasteiger partial charge in [0, 0.05) is 11.8 Å². The van der Waals surface area contributed by atoms with E-state index in [0.717, 1.165) is 5.56 Å². The number of nitrogens with one attached hydrogen (secondary N) is 2. The van der Waals surface area contributed by atoms with Crippen molar-refractivity contribution < 1.29 is 27.4 Å². The lowest BCUT2D eigenvalue weighted by Crippen LogP contribution is -2.45. The second kappa shape index (κ2) is 11.2. The van der Waals surface area contributed by atoms with Gasteiger partial charge >= 0.3 is 0 Å². The molecule has 0 radical (unpaired) electrons. The summed E-state index contributed by atoms with van der Waals surface area (Å²) in [5, 5.41) is 2.88. The van der Waals surface area contributed by atoms with Crippen LogP contribution in [-0.2, 0) is 21.2 Å². The van der Waals surface area contributed by atoms with Crippen LogP contribution < -0.4 is 24.2 Å². The van der Waals surface area contributed by atoms with Crippen LogP contribution >= 0.6 is 11.6 Å². The molecule has 0 spiro atoms. The van der Waals surface area contributed by atoms with Crippen LogP contribution in [0.4, 0.5) is 5.69 Å². The summed E-state index contributed by atoms with van der Waals surface area (Å²) in [6.45, 7) is 0. The number of carbonyl (C=O) groups is 1. The summed E-state index contributed by atoms with van der Waals surface area (Å²) in [5.74, 6) is 0.721. The van der Waals surface area contributed by atoms with E-state index in [2.05, 4.69) is 10.0 Å². The largest absolute Gasteiger partial charge is 0.495 e. The van der Waals surface area contributed by atoms with Crippen LogP contribution in [0.3, 0.4) is 0 Å². The van der Waals surface area contributed by atoms with Crippen LogP contribution in [-0.4, -0.2) is 41.7 Å². The Balaban J connectivity index is 1.89. The van der Waals surface area contributed by atoms with Gasteiger partial charge < -0.3 is 19.5 Å². The van der Waals surface area contributed by atoms with Crippen molar-refractivity contribution in [2.24, 2.45) is 0 Å². The van der Waals surface area contributed by atoms with E-state index < -0.39 is 22.0 Å². The first-order chi connectivity index (χ1) is 16.3. The fraction of sp³-hybridized carbons (Fsp3) is 0.208. The number of hydrogen-bond acceptors (Lipinski definition) is 6. The maximum Gasteiger partial charge on any atom is 0.242 e. The maximum absolute atomic E-state index is 13.2. The molecular weight excluding hydrogens is 480 g/mol. The highest BCUT2D eigenvalue weighted by atomic mass is 35.5. The molecule has 0 saturated carbocycles. The van der Waals surface area contributed by atoms with E-state index in [4.69, 9.17) is 25.8 Å². The van der Waals surface area contributed by atoms with E-state index in [1.165, 1.54) is 39.5 Å². The number of carbonyl (C=O) groups excluding carboxylic acids is 1. The second-order valence-corrected chi connectivity index (χ2v) is 9.34. The number of ether oxygens (including phenoxy) is 3. The summed E-state index contributed by atoms with van der Waals surface area (Å²) in [6.07, 6.45) is 0.128. The average molecular weight is 505 g/mol. The monoisotopic (exact) mass is 504 g/mol. The normalized spacial score (nSPS) is 12.0. The molecule has 0 aliphatic carbocycles. The molecule has 34 heavy (non-hydrogen) atoms. The SMILES string of the molecule is COc1ccc(S(=O)(=O)N[C@@H](Cc2ccccc2)C(=O)Nc2ccc(OC)c(OC)c2)cc1Cl. The molecule has 180 valence electrons. The summed E-state index contributed by atoms with van der Waals surface area (Å²) < 4.78 is 44.3. The van der Waals surface area contributed by atoms with Crippen LogP contribution in [0.1, 0.15) is 5.56 Å². The van der Waals surface area contributed by atoms with Crippen molar-refractivity contribution in [1.82, 2.24) is 4.72 Å². The Morgan fingerprint density at radius 2 is 1.53 bits per heavy atom. The molecule has 0 heterocycles. The number of rotatable bonds is 10. The van der Waals surface area contributed by atoms with Gasteiger partial charge in [-0.3, -0.25) is 4.79 Å². The predicted octanol–water partition coefficient (Wildman–Crippen LogP) is 3.89. The van der Waals surface area contributed by atoms with Gasteiger partial charge in [-0.1, -0.05) is 41.9 Å². The lowest BCUT2D eigenvalue weighted by atomic mass is 10.1. The molecule has 0 saturated heterocycles. The van der Waals surface area contributed by atoms with Crippen LogP contribution in [0.5, 0.6) is 17.2 Å². The molecule has 0 aliphatic heterocycles. The number of methoxy groups -OCH3 is 3. The maximum atomic E-state index is 13.2. The summed E-state index contributed by atoms with van der Waals surface area (Å²) in [4.78, 5) is 13.1. The molecule has 3 aromatic rings. The van der Waals surface area contributed by atoms with Gasteiger partial charge in [-0.05, 0) is 42.3 Å². The Bertz CT molecular complexity index is 1250. The molecule has 0 fully saturated rings. The third-order valence-electron chi connectivity index (χ3n) is 4.98. The highest BCUT2D eigenvalue weighted by molar-refractivity contribution is 7.89. The second-order valence-electron chi connectivity index (χ2n) is 7.22. The van der Waals surface area contributed by atoms with E-state index in [1.54, 1.807) is 18.2 Å². The minimum absolute atomic E-state index is 0.0877. The lowest BCUT2D eigenvalue weighted by molar-refractivity contribution is -0.117. The van der Waals surface area contributed by atoms with Crippen molar-refractivity contribution in [2.75, 3.05) is 26.6 Å². The third-order valence-corrected chi connectivity index (χ3v) is 6.75. The van der Waals surface area contributed by atoms with Crippen LogP contribution in [0.25, 0.3) is 0 Å². The summed E-state index contributed by atoms with van der Waals surface area (Å²) in [7, 11) is 0.337. The van der Waals surface area contributed by atoms with Crippen molar-refractivity contribution >= 4 is 33.2 Å². The standard InChI is InChI=1S/C24H25ClN2O6S/c1-31-21-12-10-18(15-19(21)25)34(29,30)27-20(13-16-7-5-4-6-8-16)24(28)26-17-9-11-22(32-2)23(14-17)33-3/h4-12,14-15,20,27H,13H2,1-3H3,(H,26,28)/t20-/m0/s1. The van der Waals surface area contributed by atoms with E-state index in [0.29, 0.717) is 22.9 Å². The molecule has 2 N–H and O–H groups in total. The number of anilines is 1. The van der Waals surface area contributed by atoms with Gasteiger partial charge in [0.05, 0.1) is 31.2 Å². The molecular formula is C24H25ClN2O6S. The Morgan fingerprint density at radius 3 is 2.15 bits per heavy atom. The summed E-state index contributed by atoms with van der Waals surface area (Å²) in [5.41, 5.74) is 1.21. The zero-order valence-electron chi connectivity index (χ0n) is 18.9. The lowest BCUT2D eigenvalue weighted by Gasteiger charge is -2.19. The van der Waals surface area contributed by atoms with E-state index >= 15 is 0 Å². The van der Waals surface area contributed by atoms with E-state index in [-0.39, 0.29) is 16.3 Å². The fourth-order valence-electron chi connectivity index (χ4n) is 3.25. The molecule has 0 bridgehead atoms. The topological polar surface area (TPSA) is 103 Å². The Morgan fingerprint density at radius 1 is 0.882 bits per heavy atom. The predicted molar refractivity (Wildman–Crippen MR) is 130 cm³/mol. The van der Waals surface area contributed by atoms with Gasteiger partial charge in [0.15, 0.2) is 11.5 Å². The quantitative estimate of drug-likeness (QED) is 0.434. The summed E-state index contributed by atoms with van der Waals surface area (Å²) in [6, 6.07) is 16.9. The van der Waals surface area contributed by atoms with Crippen molar-refractivity contribution in [3.05, 3.63) is 77.3 Å². The molecule has 1 amide bonds. The van der Waals surface area contributed by atoms with Crippen LogP contribution in [0.15, 0.2) is 71.6 Å². The van der Waals surface area contributed by atoms with Crippen molar-refractivity contribution in [1.29, 1.82) is 0 Å². The van der Waals surface area contributed by atoms with E-state index in [1.807, 2.05) is 30.3 Å². The fourth-order valence-corrected chi connectivity index (χ4v) is 4.79. The smallest absolute Gasteiger partial charge is 0.242 e. The molecule has 0 aliphatic rings. The van der Waals surface area contributed by atoms with Crippen LogP contribution in [0, 0.1) is 0 Å². The Hall–Kier alpha value is -3.27. The molecule has 1 atom stereocenters. The van der Waals surface area contributed by atoms with E-state index in [9.17, 15) is 13.2 Å².